The van der Waals surface area contributed by atoms with Gasteiger partial charge in [-0.2, -0.15) is 0 Å². The fourth-order valence-corrected chi connectivity index (χ4v) is 4.51. The number of carbonyl (C=O) groups excluding carboxylic acids is 1. The number of pyridine rings is 1. The summed E-state index contributed by atoms with van der Waals surface area (Å²) in [6.07, 6.45) is 5.52. The quantitative estimate of drug-likeness (QED) is 0.465. The minimum absolute atomic E-state index is 0.127. The smallest absolute Gasteiger partial charge is 0.226 e. The fraction of sp³-hybridized carbons (Fsp3) is 0.360. The predicted molar refractivity (Wildman–Crippen MR) is 119 cm³/mol. The Hall–Kier alpha value is -2.39. The molecule has 2 aromatic carbocycles. The molecule has 1 aliphatic carbocycles. The number of amides is 1. The van der Waals surface area contributed by atoms with Crippen molar-refractivity contribution < 1.29 is 4.79 Å². The van der Waals surface area contributed by atoms with Crippen molar-refractivity contribution in [1.82, 2.24) is 9.88 Å². The standard InChI is InChI=1S/C25H27ClN2O/c1-18-9-8-14-21-15-22(24(26)27-23(18)21)17-28(16-19-10-4-2-5-11-19)25(29)20-12-6-3-7-13-20/h2,4-5,8-11,14-15,20H,3,6-7,12-13,16-17H2,1H3. The Kier molecular flexibility index (Phi) is 6.15. The summed E-state index contributed by atoms with van der Waals surface area (Å²) in [5, 5.41) is 1.55. The van der Waals surface area contributed by atoms with Crippen molar-refractivity contribution in [2.24, 2.45) is 5.92 Å². The lowest BCUT2D eigenvalue weighted by Crippen LogP contribution is -2.36. The van der Waals surface area contributed by atoms with Crippen LogP contribution in [0.1, 0.15) is 48.8 Å². The number of nitrogens with zero attached hydrogens (tertiary/aromatic N) is 2. The third-order valence-corrected chi connectivity index (χ3v) is 6.24. The van der Waals surface area contributed by atoms with Crippen LogP contribution in [0.4, 0.5) is 0 Å². The van der Waals surface area contributed by atoms with Crippen molar-refractivity contribution in [3.05, 3.63) is 76.4 Å². The van der Waals surface area contributed by atoms with Crippen LogP contribution in [0.5, 0.6) is 0 Å². The Balaban J connectivity index is 1.64. The van der Waals surface area contributed by atoms with Gasteiger partial charge in [0.05, 0.1) is 5.52 Å². The summed E-state index contributed by atoms with van der Waals surface area (Å²) in [6, 6.07) is 18.4. The molecule has 1 aromatic heterocycles. The van der Waals surface area contributed by atoms with Crippen LogP contribution < -0.4 is 0 Å². The molecule has 4 rings (SSSR count). The Morgan fingerprint density at radius 1 is 1.03 bits per heavy atom. The van der Waals surface area contributed by atoms with E-state index < -0.39 is 0 Å². The number of hydrogen-bond acceptors (Lipinski definition) is 2. The van der Waals surface area contributed by atoms with E-state index in [1.165, 1.54) is 6.42 Å². The lowest BCUT2D eigenvalue weighted by atomic mass is 9.88. The SMILES string of the molecule is Cc1cccc2cc(CN(Cc3ccccc3)C(=O)C3CCCCC3)c(Cl)nc12. The highest BCUT2D eigenvalue weighted by Crippen LogP contribution is 2.29. The van der Waals surface area contributed by atoms with Gasteiger partial charge in [0.25, 0.3) is 0 Å². The van der Waals surface area contributed by atoms with Crippen molar-refractivity contribution in [2.45, 2.75) is 52.1 Å². The molecule has 1 heterocycles. The van der Waals surface area contributed by atoms with Crippen molar-refractivity contribution in [2.75, 3.05) is 0 Å². The van der Waals surface area contributed by atoms with Gasteiger partial charge in [0.1, 0.15) is 5.15 Å². The van der Waals surface area contributed by atoms with Gasteiger partial charge in [0, 0.05) is 30.0 Å². The molecule has 0 saturated heterocycles. The number of para-hydroxylation sites is 1. The maximum absolute atomic E-state index is 13.4. The highest BCUT2D eigenvalue weighted by molar-refractivity contribution is 6.30. The zero-order valence-corrected chi connectivity index (χ0v) is 17.7. The monoisotopic (exact) mass is 406 g/mol. The third kappa shape index (κ3) is 4.62. The van der Waals surface area contributed by atoms with Crippen molar-refractivity contribution >= 4 is 28.4 Å². The molecule has 1 aliphatic rings. The summed E-state index contributed by atoms with van der Waals surface area (Å²) in [6.45, 7) is 3.12. The summed E-state index contributed by atoms with van der Waals surface area (Å²) in [5.41, 5.74) is 4.08. The van der Waals surface area contributed by atoms with Gasteiger partial charge in [0.2, 0.25) is 5.91 Å². The molecule has 0 bridgehead atoms. The molecule has 3 aromatic rings. The molecule has 0 spiro atoms. The number of aryl methyl sites for hydroxylation is 1. The van der Waals surface area contributed by atoms with E-state index in [2.05, 4.69) is 29.2 Å². The van der Waals surface area contributed by atoms with E-state index >= 15 is 0 Å². The maximum Gasteiger partial charge on any atom is 0.226 e. The zero-order valence-electron chi connectivity index (χ0n) is 16.9. The average molecular weight is 407 g/mol. The number of carbonyl (C=O) groups is 1. The number of benzene rings is 2. The fourth-order valence-electron chi connectivity index (χ4n) is 4.31. The minimum Gasteiger partial charge on any atom is -0.334 e. The first-order chi connectivity index (χ1) is 14.1. The normalized spacial score (nSPS) is 14.8. The molecular weight excluding hydrogens is 380 g/mol. The number of rotatable bonds is 5. The number of aromatic nitrogens is 1. The molecule has 1 fully saturated rings. The Morgan fingerprint density at radius 2 is 1.79 bits per heavy atom. The largest absolute Gasteiger partial charge is 0.334 e. The second-order valence-electron chi connectivity index (χ2n) is 8.10. The molecule has 0 N–H and O–H groups in total. The van der Waals surface area contributed by atoms with Crippen LogP contribution in [0.15, 0.2) is 54.6 Å². The van der Waals surface area contributed by atoms with E-state index in [9.17, 15) is 4.79 Å². The number of hydrogen-bond donors (Lipinski definition) is 0. The van der Waals surface area contributed by atoms with Crippen LogP contribution in [0.3, 0.4) is 0 Å². The van der Waals surface area contributed by atoms with Gasteiger partial charge in [-0.1, -0.05) is 79.4 Å². The zero-order chi connectivity index (χ0) is 20.2. The van der Waals surface area contributed by atoms with Gasteiger partial charge in [-0.05, 0) is 37.0 Å². The number of fused-ring (bicyclic) bond motifs is 1. The van der Waals surface area contributed by atoms with E-state index in [0.29, 0.717) is 18.2 Å². The molecule has 0 aliphatic heterocycles. The lowest BCUT2D eigenvalue weighted by Gasteiger charge is -2.30. The highest BCUT2D eigenvalue weighted by Gasteiger charge is 2.27. The molecule has 1 amide bonds. The second kappa shape index (κ2) is 8.96. The predicted octanol–water partition coefficient (Wildman–Crippen LogP) is 6.31. The topological polar surface area (TPSA) is 33.2 Å². The summed E-state index contributed by atoms with van der Waals surface area (Å²) in [5.74, 6) is 0.371. The molecule has 4 heteroatoms. The van der Waals surface area contributed by atoms with Crippen LogP contribution in [0.25, 0.3) is 10.9 Å². The van der Waals surface area contributed by atoms with E-state index in [1.54, 1.807) is 0 Å². The van der Waals surface area contributed by atoms with Gasteiger partial charge in [-0.25, -0.2) is 4.98 Å². The van der Waals surface area contributed by atoms with Gasteiger partial charge in [0.15, 0.2) is 0 Å². The van der Waals surface area contributed by atoms with Crippen LogP contribution in [-0.2, 0) is 17.9 Å². The first kappa shape index (κ1) is 19.9. The highest BCUT2D eigenvalue weighted by atomic mass is 35.5. The van der Waals surface area contributed by atoms with Crippen molar-refractivity contribution in [3.8, 4) is 0 Å². The van der Waals surface area contributed by atoms with Crippen LogP contribution in [0.2, 0.25) is 5.15 Å². The lowest BCUT2D eigenvalue weighted by molar-refractivity contribution is -0.137. The molecular formula is C25H27ClN2O. The molecule has 29 heavy (non-hydrogen) atoms. The van der Waals surface area contributed by atoms with Gasteiger partial charge in [-0.15, -0.1) is 0 Å². The van der Waals surface area contributed by atoms with Crippen LogP contribution in [0, 0.1) is 12.8 Å². The first-order valence-electron chi connectivity index (χ1n) is 10.5. The van der Waals surface area contributed by atoms with Crippen LogP contribution in [-0.4, -0.2) is 15.8 Å². The molecule has 3 nitrogen and oxygen atoms in total. The first-order valence-corrected chi connectivity index (χ1v) is 10.9. The Bertz CT molecular complexity index is 996. The van der Waals surface area contributed by atoms with E-state index in [0.717, 1.165) is 53.3 Å². The summed E-state index contributed by atoms with van der Waals surface area (Å²) < 4.78 is 0. The second-order valence-corrected chi connectivity index (χ2v) is 8.46. The molecule has 0 atom stereocenters. The van der Waals surface area contributed by atoms with Crippen molar-refractivity contribution in [1.29, 1.82) is 0 Å². The van der Waals surface area contributed by atoms with Crippen molar-refractivity contribution in [3.63, 3.8) is 0 Å². The molecule has 1 saturated carbocycles. The third-order valence-electron chi connectivity index (χ3n) is 5.92. The Labute approximate surface area is 177 Å². The summed E-state index contributed by atoms with van der Waals surface area (Å²) in [7, 11) is 0. The number of halogens is 1. The molecule has 150 valence electrons. The minimum atomic E-state index is 0.127. The Morgan fingerprint density at radius 3 is 2.55 bits per heavy atom. The van der Waals surface area contributed by atoms with Gasteiger partial charge < -0.3 is 4.90 Å². The van der Waals surface area contributed by atoms with Gasteiger partial charge >= 0.3 is 0 Å². The molecule has 0 unspecified atom stereocenters. The average Bonchev–Trinajstić information content (AvgIpc) is 2.75. The summed E-state index contributed by atoms with van der Waals surface area (Å²) >= 11 is 6.56. The van der Waals surface area contributed by atoms with E-state index in [-0.39, 0.29) is 11.8 Å². The molecule has 0 radical (unpaired) electrons. The van der Waals surface area contributed by atoms with Gasteiger partial charge in [-0.3, -0.25) is 4.79 Å². The maximum atomic E-state index is 13.4. The summed E-state index contributed by atoms with van der Waals surface area (Å²) in [4.78, 5) is 20.0. The van der Waals surface area contributed by atoms with Crippen LogP contribution >= 0.6 is 11.6 Å². The van der Waals surface area contributed by atoms with E-state index in [1.807, 2.05) is 42.2 Å². The van der Waals surface area contributed by atoms with E-state index in [4.69, 9.17) is 11.6 Å².